The van der Waals surface area contributed by atoms with Crippen molar-refractivity contribution in [2.75, 3.05) is 14.2 Å². The van der Waals surface area contributed by atoms with Gasteiger partial charge in [-0.05, 0) is 156 Å². The Labute approximate surface area is 622 Å². The van der Waals surface area contributed by atoms with E-state index in [2.05, 4.69) is 53.1 Å². The predicted octanol–water partition coefficient (Wildman–Crippen LogP) is 19.1. The molecule has 22 heteroatoms. The summed E-state index contributed by atoms with van der Waals surface area (Å²) in [6.07, 6.45) is 2.02. The summed E-state index contributed by atoms with van der Waals surface area (Å²) in [6.45, 7) is 15.4. The summed E-state index contributed by atoms with van der Waals surface area (Å²) in [7, 11) is 3.29. The first-order valence-electron chi connectivity index (χ1n) is 34.5. The Morgan fingerprint density at radius 3 is 0.991 bits per heavy atom. The lowest BCUT2D eigenvalue weighted by Gasteiger charge is -2.13. The van der Waals surface area contributed by atoms with Crippen molar-refractivity contribution in [3.05, 3.63) is 262 Å². The number of methoxy groups -OCH3 is 2. The molecule has 0 aliphatic carbocycles. The molecule has 0 spiro atoms. The number of amidine groups is 1. The number of phenols is 2. The summed E-state index contributed by atoms with van der Waals surface area (Å²) in [5.41, 5.74) is 25.4. The van der Waals surface area contributed by atoms with Crippen LogP contribution in [0.4, 0.5) is 0 Å². The largest absolute Gasteiger partial charge is 0.508 e. The lowest BCUT2D eigenvalue weighted by Crippen LogP contribution is -2.15. The van der Waals surface area contributed by atoms with E-state index in [1.165, 1.54) is 0 Å². The van der Waals surface area contributed by atoms with E-state index in [1.807, 2.05) is 234 Å². The molecule has 0 radical (unpaired) electrons. The van der Waals surface area contributed by atoms with Crippen LogP contribution in [0.2, 0.25) is 0 Å². The number of benzene rings is 8. The fourth-order valence-corrected chi connectivity index (χ4v) is 14.0. The first-order valence-corrected chi connectivity index (χ1v) is 34.5. The third kappa shape index (κ3) is 13.1. The molecule has 5 N–H and O–H groups in total. The molecule has 0 amide bonds. The van der Waals surface area contributed by atoms with Crippen LogP contribution in [-0.4, -0.2) is 74.4 Å². The van der Waals surface area contributed by atoms with Crippen LogP contribution < -0.4 is 15.2 Å². The first kappa shape index (κ1) is 73.5. The van der Waals surface area contributed by atoms with Gasteiger partial charge in [-0.2, -0.15) is 15.8 Å². The highest BCUT2D eigenvalue weighted by molar-refractivity contribution is 6.15. The highest BCUT2D eigenvalue weighted by Gasteiger charge is 2.31. The van der Waals surface area contributed by atoms with Gasteiger partial charge in [0, 0.05) is 63.6 Å². The third-order valence-corrected chi connectivity index (χ3v) is 18.8. The van der Waals surface area contributed by atoms with Gasteiger partial charge in [0.25, 0.3) is 0 Å². The zero-order valence-electron chi connectivity index (χ0n) is 60.3. The molecule has 16 rings (SSSR count). The number of oxime groups is 1. The predicted molar refractivity (Wildman–Crippen MR) is 417 cm³/mol. The molecule has 16 aromatic rings. The van der Waals surface area contributed by atoms with E-state index < -0.39 is 0 Å². The van der Waals surface area contributed by atoms with Crippen molar-refractivity contribution < 1.29 is 43.0 Å². The standard InChI is InChI=1S/C22H19N3O2.C21H20N4O3.2C21H17N3O2.CH4/c1-4-20-21(14(2)24-27-20)22-18(13-23)17-7-5-6-8-19(17)25(22)15-9-11-16(26-3)12-10-15;1-3-17-18(12(2)24-28-17)20-19(21(22)23-27)15-6-4-5-7-16(15)25(20)13-8-10-14(26)11-9-13;1-13-20(14(2)26-23-13)21-18(12-22)17-6-4-5-7-19(17)24(21)15-8-10-16(25-3)11-9-15;1-3-19-20(13(2)23-26-19)21-17(12-22)16-6-4-5-7-18(16)24(21)14-8-10-15(25)11-9-14;/h5-12H,4H2,1-3H3;4-11,26-27H,3H2,1-2H3,(H2,22,23);4-11H,1-3H3;4-11,25H,3H2,1-2H3;1H4. The number of hydrogen-bond donors (Lipinski definition) is 4. The van der Waals surface area contributed by atoms with Crippen LogP contribution in [0.25, 0.3) is 111 Å². The van der Waals surface area contributed by atoms with Gasteiger partial charge in [0.15, 0.2) is 5.84 Å². The van der Waals surface area contributed by atoms with Crippen LogP contribution in [-0.2, 0) is 19.3 Å². The third-order valence-electron chi connectivity index (χ3n) is 18.8. The summed E-state index contributed by atoms with van der Waals surface area (Å²) >= 11 is 0. The molecule has 0 aliphatic heterocycles. The molecule has 0 aliphatic rings. The number of phenolic OH excluding ortho intramolecular Hbond substituents is 2. The number of para-hydroxylation sites is 4. The molecule has 108 heavy (non-hydrogen) atoms. The monoisotopic (exact) mass is 1440 g/mol. The van der Waals surface area contributed by atoms with Gasteiger partial charge in [-0.15, -0.1) is 0 Å². The molecule has 8 aromatic heterocycles. The van der Waals surface area contributed by atoms with E-state index in [0.29, 0.717) is 58.7 Å². The molecule has 540 valence electrons. The number of aryl methyl sites for hydroxylation is 8. The van der Waals surface area contributed by atoms with Crippen LogP contribution in [0.15, 0.2) is 217 Å². The maximum atomic E-state index is 9.98. The maximum absolute atomic E-state index is 9.98. The highest BCUT2D eigenvalue weighted by atomic mass is 16.5. The van der Waals surface area contributed by atoms with E-state index in [4.69, 9.17) is 33.3 Å². The number of nitrogens with two attached hydrogens (primary N) is 1. The quantitative estimate of drug-likeness (QED) is 0.0340. The zero-order valence-corrected chi connectivity index (χ0v) is 60.3. The van der Waals surface area contributed by atoms with E-state index in [9.17, 15) is 31.2 Å². The molecule has 0 saturated heterocycles. The van der Waals surface area contributed by atoms with Crippen molar-refractivity contribution in [1.82, 2.24) is 38.9 Å². The number of nitrogens with zero attached hydrogens (tertiary/aromatic N) is 12. The minimum atomic E-state index is 0. The van der Waals surface area contributed by atoms with E-state index in [0.717, 1.165) is 151 Å². The van der Waals surface area contributed by atoms with E-state index in [-0.39, 0.29) is 24.8 Å². The Kier molecular flexibility index (Phi) is 21.3. The SMILES string of the molecule is C.CCc1onc(C)c1-c1c(/C(N)=N/O)c2ccccc2n1-c1ccc(O)cc1.CCc1onc(C)c1-c1c(C#N)c2ccccc2n1-c1ccc(O)cc1.CCc1onc(C)c1-c1c(C#N)c2ccccc2n1-c1ccc(OC)cc1.COc1ccc(-n2c(-c3c(C)noc3C)c(C#N)c3ccccc32)cc1. The summed E-state index contributed by atoms with van der Waals surface area (Å²) in [4.78, 5) is 0. The summed E-state index contributed by atoms with van der Waals surface area (Å²) in [5.74, 6) is 4.88. The number of rotatable bonds is 14. The molecular formula is C86H77N13O9. The minimum absolute atomic E-state index is 0. The Morgan fingerprint density at radius 2 is 0.685 bits per heavy atom. The Balaban J connectivity index is 0.000000134. The number of nitriles is 3. The van der Waals surface area contributed by atoms with Crippen LogP contribution in [0.5, 0.6) is 23.0 Å². The van der Waals surface area contributed by atoms with Crippen LogP contribution in [0, 0.1) is 68.6 Å². The summed E-state index contributed by atoms with van der Waals surface area (Å²) in [6, 6.07) is 67.9. The van der Waals surface area contributed by atoms with Gasteiger partial charge in [-0.25, -0.2) is 0 Å². The summed E-state index contributed by atoms with van der Waals surface area (Å²) in [5, 5.41) is 81.9. The molecule has 0 bridgehead atoms. The van der Waals surface area contributed by atoms with Gasteiger partial charge >= 0.3 is 0 Å². The molecule has 22 nitrogen and oxygen atoms in total. The lowest BCUT2D eigenvalue weighted by molar-refractivity contribution is 0.318. The molecule has 0 atom stereocenters. The van der Waals surface area contributed by atoms with Crippen molar-refractivity contribution in [3.63, 3.8) is 0 Å². The number of aromatic nitrogens is 8. The van der Waals surface area contributed by atoms with Crippen molar-refractivity contribution in [2.24, 2.45) is 10.9 Å². The van der Waals surface area contributed by atoms with Crippen molar-refractivity contribution in [2.45, 2.75) is 82.1 Å². The zero-order chi connectivity index (χ0) is 75.3. The number of ether oxygens (including phenoxy) is 2. The van der Waals surface area contributed by atoms with Gasteiger partial charge in [-0.1, -0.05) is 127 Å². The lowest BCUT2D eigenvalue weighted by atomic mass is 10.0. The second-order valence-corrected chi connectivity index (χ2v) is 25.0. The van der Waals surface area contributed by atoms with Crippen LogP contribution in [0.3, 0.4) is 0 Å². The highest BCUT2D eigenvalue weighted by Crippen LogP contribution is 2.45. The van der Waals surface area contributed by atoms with Crippen molar-refractivity contribution in [1.29, 1.82) is 15.8 Å². The van der Waals surface area contributed by atoms with Gasteiger partial charge < -0.3 is 67.0 Å². The van der Waals surface area contributed by atoms with Gasteiger partial charge in [0.2, 0.25) is 0 Å². The average Bonchev–Trinajstić information content (AvgIpc) is 1.62. The average molecular weight is 1440 g/mol. The normalized spacial score (nSPS) is 11.1. The molecule has 0 fully saturated rings. The maximum Gasteiger partial charge on any atom is 0.172 e. The van der Waals surface area contributed by atoms with Crippen molar-refractivity contribution >= 4 is 49.4 Å². The second-order valence-electron chi connectivity index (χ2n) is 25.0. The van der Waals surface area contributed by atoms with E-state index in [1.54, 1.807) is 38.5 Å². The number of hydrogen-bond acceptors (Lipinski definition) is 17. The summed E-state index contributed by atoms with van der Waals surface area (Å²) < 4.78 is 40.7. The molecule has 0 unspecified atom stereocenters. The van der Waals surface area contributed by atoms with Gasteiger partial charge in [0.05, 0.1) is 126 Å². The Bertz CT molecular complexity index is 6120. The molecule has 8 aromatic carbocycles. The van der Waals surface area contributed by atoms with Crippen LogP contribution >= 0.6 is 0 Å². The second kappa shape index (κ2) is 31.3. The van der Waals surface area contributed by atoms with Crippen molar-refractivity contribution in [3.8, 4) is 109 Å². The fraction of sp³-hybridized carbons (Fsp3) is 0.163. The Morgan fingerprint density at radius 1 is 0.407 bits per heavy atom. The van der Waals surface area contributed by atoms with Crippen LogP contribution in [0.1, 0.15) is 96.3 Å². The molecular weight excluding hydrogens is 1360 g/mol. The number of fused-ring (bicyclic) bond motifs is 4. The van der Waals surface area contributed by atoms with Gasteiger partial charge in [0.1, 0.15) is 64.2 Å². The van der Waals surface area contributed by atoms with E-state index >= 15 is 0 Å². The smallest absolute Gasteiger partial charge is 0.172 e. The number of aromatic hydroxyl groups is 2. The molecule has 8 heterocycles. The fourth-order valence-electron chi connectivity index (χ4n) is 14.0. The minimum Gasteiger partial charge on any atom is -0.508 e. The molecule has 0 saturated carbocycles. The topological polar surface area (TPSA) is 313 Å². The first-order chi connectivity index (χ1) is 52.1. The van der Waals surface area contributed by atoms with Gasteiger partial charge in [-0.3, -0.25) is 0 Å². The Hall–Kier alpha value is -14.3.